The summed E-state index contributed by atoms with van der Waals surface area (Å²) >= 11 is 0. The Hall–Kier alpha value is -1.10. The molecule has 1 amide bonds. The first-order valence-electron chi connectivity index (χ1n) is 6.84. The Morgan fingerprint density at radius 3 is 2.00 bits per heavy atom. The summed E-state index contributed by atoms with van der Waals surface area (Å²) in [5, 5.41) is 11.9. The topological polar surface area (TPSA) is 75.6 Å². The Morgan fingerprint density at radius 1 is 1.00 bits per heavy atom. The summed E-state index contributed by atoms with van der Waals surface area (Å²) < 4.78 is 5.27. The fourth-order valence-electron chi connectivity index (χ4n) is 2.80. The molecule has 2 aliphatic carbocycles. The van der Waals surface area contributed by atoms with Gasteiger partial charge in [-0.3, -0.25) is 4.79 Å². The van der Waals surface area contributed by atoms with Crippen LogP contribution in [0.2, 0.25) is 0 Å². The second-order valence-corrected chi connectivity index (χ2v) is 5.74. The van der Waals surface area contributed by atoms with Crippen LogP contribution in [0.5, 0.6) is 0 Å². The number of carboxylic acids is 1. The van der Waals surface area contributed by atoms with Gasteiger partial charge >= 0.3 is 5.97 Å². The van der Waals surface area contributed by atoms with Gasteiger partial charge in [-0.05, 0) is 50.4 Å². The molecule has 18 heavy (non-hydrogen) atoms. The van der Waals surface area contributed by atoms with Gasteiger partial charge in [-0.25, -0.2) is 4.79 Å². The largest absolute Gasteiger partial charge is 0.479 e. The monoisotopic (exact) mass is 253 g/mol. The number of carboxylic acid groups (broad SMARTS) is 1. The van der Waals surface area contributed by atoms with Crippen molar-refractivity contribution < 1.29 is 19.4 Å². The summed E-state index contributed by atoms with van der Waals surface area (Å²) in [6.07, 6.45) is 4.44. The van der Waals surface area contributed by atoms with E-state index in [9.17, 15) is 9.59 Å². The van der Waals surface area contributed by atoms with Gasteiger partial charge < -0.3 is 15.2 Å². The van der Waals surface area contributed by atoms with Crippen molar-refractivity contribution in [1.29, 1.82) is 0 Å². The van der Waals surface area contributed by atoms with Crippen molar-refractivity contribution in [2.24, 2.45) is 11.8 Å². The number of rotatable bonds is 5. The summed E-state index contributed by atoms with van der Waals surface area (Å²) in [7, 11) is 0. The second-order valence-electron chi connectivity index (χ2n) is 5.74. The first-order chi connectivity index (χ1) is 8.65. The molecule has 0 unspecified atom stereocenters. The van der Waals surface area contributed by atoms with Gasteiger partial charge in [-0.2, -0.15) is 0 Å². The molecule has 3 aliphatic rings. The molecule has 1 aliphatic heterocycles. The summed E-state index contributed by atoms with van der Waals surface area (Å²) in [5.41, 5.74) is 0. The standard InChI is InChI=1S/C13H19NO4/c15-12(9-5-6-10(18-9)13(16)17)14-11(7-1-2-7)8-3-4-8/h7-11H,1-6H2,(H,14,15)(H,16,17)/t9-,10+/m0/s1. The van der Waals surface area contributed by atoms with E-state index in [1.165, 1.54) is 25.7 Å². The van der Waals surface area contributed by atoms with Crippen LogP contribution in [0.3, 0.4) is 0 Å². The molecule has 2 N–H and O–H groups in total. The van der Waals surface area contributed by atoms with Gasteiger partial charge in [0, 0.05) is 6.04 Å². The average molecular weight is 253 g/mol. The van der Waals surface area contributed by atoms with Crippen LogP contribution in [0.15, 0.2) is 0 Å². The van der Waals surface area contributed by atoms with E-state index in [0.717, 1.165) is 0 Å². The molecule has 1 saturated heterocycles. The Bertz CT molecular complexity index is 350. The molecule has 0 bridgehead atoms. The highest BCUT2D eigenvalue weighted by atomic mass is 16.5. The van der Waals surface area contributed by atoms with E-state index in [2.05, 4.69) is 5.32 Å². The van der Waals surface area contributed by atoms with E-state index in [4.69, 9.17) is 9.84 Å². The quantitative estimate of drug-likeness (QED) is 0.764. The minimum absolute atomic E-state index is 0.109. The molecular formula is C13H19NO4. The number of amides is 1. The number of carbonyl (C=O) groups excluding carboxylic acids is 1. The molecule has 0 aromatic rings. The van der Waals surface area contributed by atoms with Crippen LogP contribution in [0.25, 0.3) is 0 Å². The third-order valence-electron chi connectivity index (χ3n) is 4.16. The van der Waals surface area contributed by atoms with E-state index in [-0.39, 0.29) is 5.91 Å². The zero-order valence-corrected chi connectivity index (χ0v) is 10.3. The molecule has 2 atom stereocenters. The van der Waals surface area contributed by atoms with Crippen molar-refractivity contribution in [1.82, 2.24) is 5.32 Å². The molecule has 100 valence electrons. The predicted octanol–water partition coefficient (Wildman–Crippen LogP) is 0.923. The van der Waals surface area contributed by atoms with Crippen molar-refractivity contribution in [2.45, 2.75) is 56.8 Å². The lowest BCUT2D eigenvalue weighted by Crippen LogP contribution is -2.44. The van der Waals surface area contributed by atoms with E-state index in [0.29, 0.717) is 30.7 Å². The van der Waals surface area contributed by atoms with Crippen molar-refractivity contribution in [3.05, 3.63) is 0 Å². The van der Waals surface area contributed by atoms with Crippen LogP contribution in [-0.4, -0.2) is 35.2 Å². The first kappa shape index (κ1) is 12.0. The molecule has 0 spiro atoms. The zero-order chi connectivity index (χ0) is 12.7. The van der Waals surface area contributed by atoms with Crippen LogP contribution in [-0.2, 0) is 14.3 Å². The lowest BCUT2D eigenvalue weighted by Gasteiger charge is -2.20. The molecular weight excluding hydrogens is 234 g/mol. The minimum Gasteiger partial charge on any atom is -0.479 e. The van der Waals surface area contributed by atoms with Gasteiger partial charge in [0.1, 0.15) is 6.10 Å². The molecule has 5 nitrogen and oxygen atoms in total. The highest BCUT2D eigenvalue weighted by Crippen LogP contribution is 2.44. The minimum atomic E-state index is -0.966. The molecule has 0 aromatic carbocycles. The van der Waals surface area contributed by atoms with Gasteiger partial charge in [-0.1, -0.05) is 0 Å². The molecule has 0 radical (unpaired) electrons. The van der Waals surface area contributed by atoms with Crippen LogP contribution in [0, 0.1) is 11.8 Å². The van der Waals surface area contributed by atoms with Crippen LogP contribution in [0.4, 0.5) is 0 Å². The first-order valence-corrected chi connectivity index (χ1v) is 6.84. The van der Waals surface area contributed by atoms with Gasteiger partial charge in [0.2, 0.25) is 5.91 Å². The van der Waals surface area contributed by atoms with Crippen molar-refractivity contribution >= 4 is 11.9 Å². The normalized spacial score (nSPS) is 31.6. The number of aliphatic carboxylic acids is 1. The molecule has 2 saturated carbocycles. The van der Waals surface area contributed by atoms with Crippen LogP contribution >= 0.6 is 0 Å². The van der Waals surface area contributed by atoms with E-state index >= 15 is 0 Å². The van der Waals surface area contributed by atoms with Crippen LogP contribution < -0.4 is 5.32 Å². The highest BCUT2D eigenvalue weighted by molar-refractivity contribution is 5.83. The zero-order valence-electron chi connectivity index (χ0n) is 10.3. The van der Waals surface area contributed by atoms with E-state index in [1.54, 1.807) is 0 Å². The number of hydrogen-bond donors (Lipinski definition) is 2. The SMILES string of the molecule is O=C(NC(C1CC1)C1CC1)[C@@H]1CC[C@H](C(=O)O)O1. The Kier molecular flexibility index (Phi) is 3.01. The number of hydrogen-bond acceptors (Lipinski definition) is 3. The van der Waals surface area contributed by atoms with Gasteiger partial charge in [0.05, 0.1) is 0 Å². The summed E-state index contributed by atoms with van der Waals surface area (Å²) in [6, 6.07) is 0.310. The van der Waals surface area contributed by atoms with Crippen molar-refractivity contribution in [2.75, 3.05) is 0 Å². The Labute approximate surface area is 106 Å². The average Bonchev–Trinajstić information content (AvgIpc) is 3.24. The van der Waals surface area contributed by atoms with Gasteiger partial charge in [0.25, 0.3) is 0 Å². The number of carbonyl (C=O) groups is 2. The fraction of sp³-hybridized carbons (Fsp3) is 0.846. The maximum Gasteiger partial charge on any atom is 0.332 e. The molecule has 0 aromatic heterocycles. The molecule has 3 fully saturated rings. The maximum absolute atomic E-state index is 12.1. The lowest BCUT2D eigenvalue weighted by molar-refractivity contribution is -0.152. The van der Waals surface area contributed by atoms with Gasteiger partial charge in [-0.15, -0.1) is 0 Å². The number of nitrogens with one attached hydrogen (secondary N) is 1. The maximum atomic E-state index is 12.1. The lowest BCUT2D eigenvalue weighted by atomic mass is 10.1. The highest BCUT2D eigenvalue weighted by Gasteiger charge is 2.44. The Balaban J connectivity index is 1.53. The van der Waals surface area contributed by atoms with Crippen molar-refractivity contribution in [3.8, 4) is 0 Å². The molecule has 1 heterocycles. The van der Waals surface area contributed by atoms with Crippen LogP contribution in [0.1, 0.15) is 38.5 Å². The predicted molar refractivity (Wildman–Crippen MR) is 62.9 cm³/mol. The van der Waals surface area contributed by atoms with Crippen molar-refractivity contribution in [3.63, 3.8) is 0 Å². The third-order valence-corrected chi connectivity index (χ3v) is 4.16. The third kappa shape index (κ3) is 2.51. The van der Waals surface area contributed by atoms with Gasteiger partial charge in [0.15, 0.2) is 6.10 Å². The smallest absolute Gasteiger partial charge is 0.332 e. The second kappa shape index (κ2) is 4.53. The van der Waals surface area contributed by atoms with E-state index in [1.807, 2.05) is 0 Å². The molecule has 5 heteroatoms. The summed E-state index contributed by atoms with van der Waals surface area (Å²) in [4.78, 5) is 22.8. The molecule has 3 rings (SSSR count). The van der Waals surface area contributed by atoms with E-state index < -0.39 is 18.2 Å². The summed E-state index contributed by atoms with van der Waals surface area (Å²) in [5.74, 6) is 0.227. The summed E-state index contributed by atoms with van der Waals surface area (Å²) in [6.45, 7) is 0. The number of ether oxygens (including phenoxy) is 1. The fourth-order valence-corrected chi connectivity index (χ4v) is 2.80. The Morgan fingerprint density at radius 2 is 1.56 bits per heavy atom.